The summed E-state index contributed by atoms with van der Waals surface area (Å²) in [6.45, 7) is 8.79. The summed E-state index contributed by atoms with van der Waals surface area (Å²) in [6, 6.07) is 5.83. The van der Waals surface area contributed by atoms with Gasteiger partial charge in [-0.25, -0.2) is 0 Å². The van der Waals surface area contributed by atoms with Crippen LogP contribution in [0.15, 0.2) is 18.2 Å². The van der Waals surface area contributed by atoms with E-state index in [-0.39, 0.29) is 0 Å². The number of aryl methyl sites for hydroxylation is 2. The minimum Gasteiger partial charge on any atom is -0.480 e. The van der Waals surface area contributed by atoms with E-state index in [1.54, 1.807) is 0 Å². The number of carbonyl (C=O) groups is 1. The van der Waals surface area contributed by atoms with E-state index >= 15 is 0 Å². The molecule has 3 nitrogen and oxygen atoms in total. The predicted molar refractivity (Wildman–Crippen MR) is 73.6 cm³/mol. The fourth-order valence-electron chi connectivity index (χ4n) is 2.15. The second kappa shape index (κ2) is 6.55. The third kappa shape index (κ3) is 4.88. The van der Waals surface area contributed by atoms with Crippen molar-refractivity contribution in [2.24, 2.45) is 5.92 Å². The van der Waals surface area contributed by atoms with Crippen LogP contribution < -0.4 is 5.32 Å². The highest BCUT2D eigenvalue weighted by molar-refractivity contribution is 5.73. The summed E-state index contributed by atoms with van der Waals surface area (Å²) in [5, 5.41) is 12.3. The van der Waals surface area contributed by atoms with Gasteiger partial charge in [0.15, 0.2) is 0 Å². The van der Waals surface area contributed by atoms with E-state index in [1.165, 1.54) is 11.1 Å². The molecule has 0 fully saturated rings. The van der Waals surface area contributed by atoms with Crippen LogP contribution in [-0.4, -0.2) is 17.1 Å². The van der Waals surface area contributed by atoms with E-state index in [9.17, 15) is 4.79 Å². The minimum atomic E-state index is -0.770. The third-order valence-corrected chi connectivity index (χ3v) is 2.84. The molecule has 0 saturated carbocycles. The summed E-state index contributed by atoms with van der Waals surface area (Å²) in [6.07, 6.45) is 0.653. The highest BCUT2D eigenvalue weighted by Crippen LogP contribution is 2.10. The van der Waals surface area contributed by atoms with Crippen molar-refractivity contribution in [1.29, 1.82) is 0 Å². The summed E-state index contributed by atoms with van der Waals surface area (Å²) >= 11 is 0. The summed E-state index contributed by atoms with van der Waals surface area (Å²) < 4.78 is 0. The lowest BCUT2D eigenvalue weighted by atomic mass is 10.0. The molecule has 3 heteroatoms. The van der Waals surface area contributed by atoms with Gasteiger partial charge in [-0.05, 0) is 31.7 Å². The van der Waals surface area contributed by atoms with E-state index in [2.05, 4.69) is 37.4 Å². The molecular formula is C15H23NO2. The Labute approximate surface area is 109 Å². The molecular weight excluding hydrogens is 226 g/mol. The van der Waals surface area contributed by atoms with Gasteiger partial charge < -0.3 is 10.4 Å². The number of rotatable bonds is 6. The van der Waals surface area contributed by atoms with Crippen LogP contribution >= 0.6 is 0 Å². The molecule has 0 bridgehead atoms. The van der Waals surface area contributed by atoms with Crippen LogP contribution in [0.1, 0.15) is 37.0 Å². The first-order valence-electron chi connectivity index (χ1n) is 6.42. The Morgan fingerprint density at radius 3 is 2.22 bits per heavy atom. The zero-order valence-corrected chi connectivity index (χ0v) is 11.7. The van der Waals surface area contributed by atoms with Crippen molar-refractivity contribution in [2.45, 2.75) is 46.7 Å². The lowest BCUT2D eigenvalue weighted by Gasteiger charge is -2.16. The molecule has 0 aliphatic carbocycles. The highest BCUT2D eigenvalue weighted by Gasteiger charge is 2.17. The smallest absolute Gasteiger partial charge is 0.320 e. The molecule has 100 valence electrons. The van der Waals surface area contributed by atoms with Crippen molar-refractivity contribution in [2.75, 3.05) is 0 Å². The maximum absolute atomic E-state index is 11.1. The van der Waals surface area contributed by atoms with E-state index in [1.807, 2.05) is 13.8 Å². The van der Waals surface area contributed by atoms with Crippen molar-refractivity contribution in [3.63, 3.8) is 0 Å². The minimum absolute atomic E-state index is 0.373. The molecule has 1 aromatic carbocycles. The Morgan fingerprint density at radius 2 is 1.78 bits per heavy atom. The molecule has 1 aromatic rings. The molecule has 0 amide bonds. The van der Waals surface area contributed by atoms with Crippen LogP contribution in [0.3, 0.4) is 0 Å². The van der Waals surface area contributed by atoms with Crippen LogP contribution in [0.4, 0.5) is 0 Å². The maximum atomic E-state index is 11.1. The molecule has 0 radical (unpaired) electrons. The number of carboxylic acids is 1. The van der Waals surface area contributed by atoms with E-state index in [4.69, 9.17) is 5.11 Å². The fourth-order valence-corrected chi connectivity index (χ4v) is 2.15. The largest absolute Gasteiger partial charge is 0.480 e. The average Bonchev–Trinajstić information content (AvgIpc) is 2.21. The number of hydrogen-bond acceptors (Lipinski definition) is 2. The van der Waals surface area contributed by atoms with Crippen molar-refractivity contribution in [1.82, 2.24) is 5.32 Å². The van der Waals surface area contributed by atoms with Gasteiger partial charge in [0.25, 0.3) is 0 Å². The van der Waals surface area contributed by atoms with Crippen molar-refractivity contribution in [3.05, 3.63) is 34.9 Å². The third-order valence-electron chi connectivity index (χ3n) is 2.84. The summed E-state index contributed by atoms with van der Waals surface area (Å²) in [7, 11) is 0. The molecule has 0 spiro atoms. The van der Waals surface area contributed by atoms with Crippen molar-refractivity contribution in [3.8, 4) is 0 Å². The Balaban J connectivity index is 2.63. The Bertz CT molecular complexity index is 393. The predicted octanol–water partition coefficient (Wildman–Crippen LogP) is 2.89. The van der Waals surface area contributed by atoms with Crippen LogP contribution in [0.2, 0.25) is 0 Å². The van der Waals surface area contributed by atoms with Crippen LogP contribution in [0.25, 0.3) is 0 Å². The van der Waals surface area contributed by atoms with Crippen LogP contribution in [0, 0.1) is 19.8 Å². The normalized spacial score (nSPS) is 12.7. The molecule has 0 aliphatic rings. The quantitative estimate of drug-likeness (QED) is 0.815. The van der Waals surface area contributed by atoms with Gasteiger partial charge in [0.2, 0.25) is 0 Å². The Kier molecular flexibility index (Phi) is 5.35. The van der Waals surface area contributed by atoms with Gasteiger partial charge in [0.1, 0.15) is 6.04 Å². The van der Waals surface area contributed by atoms with Gasteiger partial charge >= 0.3 is 5.97 Å². The van der Waals surface area contributed by atoms with Gasteiger partial charge in [0, 0.05) is 6.54 Å². The fraction of sp³-hybridized carbons (Fsp3) is 0.533. The maximum Gasteiger partial charge on any atom is 0.320 e. The first-order chi connectivity index (χ1) is 8.38. The molecule has 1 atom stereocenters. The molecule has 18 heavy (non-hydrogen) atoms. The average molecular weight is 249 g/mol. The molecule has 0 saturated heterocycles. The zero-order valence-electron chi connectivity index (χ0n) is 11.7. The monoisotopic (exact) mass is 249 g/mol. The molecule has 0 aromatic heterocycles. The second-order valence-electron chi connectivity index (χ2n) is 5.40. The first kappa shape index (κ1) is 14.7. The summed E-state index contributed by atoms with van der Waals surface area (Å²) in [4.78, 5) is 11.1. The lowest BCUT2D eigenvalue weighted by Crippen LogP contribution is -2.37. The van der Waals surface area contributed by atoms with Gasteiger partial charge in [-0.3, -0.25) is 4.79 Å². The summed E-state index contributed by atoms with van der Waals surface area (Å²) in [5.74, 6) is -0.397. The number of carboxylic acid groups (broad SMARTS) is 1. The van der Waals surface area contributed by atoms with E-state index in [0.717, 1.165) is 5.56 Å². The number of nitrogens with one attached hydrogen (secondary N) is 1. The number of benzene rings is 1. The highest BCUT2D eigenvalue weighted by atomic mass is 16.4. The number of aliphatic carboxylic acids is 1. The molecule has 0 heterocycles. The number of hydrogen-bond donors (Lipinski definition) is 2. The lowest BCUT2D eigenvalue weighted by molar-refractivity contribution is -0.140. The molecule has 1 rings (SSSR count). The standard InChI is InChI=1S/C15H23NO2/c1-10(2)5-14(15(17)18)16-9-13-7-11(3)6-12(4)8-13/h6-8,10,14,16H,5,9H2,1-4H3,(H,17,18). The summed E-state index contributed by atoms with van der Waals surface area (Å²) in [5.41, 5.74) is 3.56. The Morgan fingerprint density at radius 1 is 1.22 bits per heavy atom. The van der Waals surface area contributed by atoms with Crippen LogP contribution in [0.5, 0.6) is 0 Å². The van der Waals surface area contributed by atoms with Gasteiger partial charge in [0.05, 0.1) is 0 Å². The van der Waals surface area contributed by atoms with E-state index in [0.29, 0.717) is 18.9 Å². The van der Waals surface area contributed by atoms with Gasteiger partial charge in [-0.2, -0.15) is 0 Å². The zero-order chi connectivity index (χ0) is 13.7. The molecule has 0 aliphatic heterocycles. The second-order valence-corrected chi connectivity index (χ2v) is 5.40. The Hall–Kier alpha value is -1.35. The molecule has 1 unspecified atom stereocenters. The van der Waals surface area contributed by atoms with Gasteiger partial charge in [-0.15, -0.1) is 0 Å². The molecule has 2 N–H and O–H groups in total. The topological polar surface area (TPSA) is 49.3 Å². The van der Waals surface area contributed by atoms with Gasteiger partial charge in [-0.1, -0.05) is 43.2 Å². The van der Waals surface area contributed by atoms with Crippen molar-refractivity contribution < 1.29 is 9.90 Å². The SMILES string of the molecule is Cc1cc(C)cc(CNC(CC(C)C)C(=O)O)c1. The van der Waals surface area contributed by atoms with E-state index < -0.39 is 12.0 Å². The van der Waals surface area contributed by atoms with Crippen molar-refractivity contribution >= 4 is 5.97 Å². The van der Waals surface area contributed by atoms with Crippen LogP contribution in [-0.2, 0) is 11.3 Å². The first-order valence-corrected chi connectivity index (χ1v) is 6.42.